The maximum absolute atomic E-state index is 13.8. The zero-order valence-corrected chi connectivity index (χ0v) is 22.0. The van der Waals surface area contributed by atoms with Crippen LogP contribution in [0.4, 0.5) is 5.69 Å². The number of nitrogens with zero attached hydrogens (tertiary/aromatic N) is 2. The first kappa shape index (κ1) is 28.2. The number of halogens is 2. The Bertz CT molecular complexity index is 1240. The Morgan fingerprint density at radius 1 is 0.973 bits per heavy atom. The molecule has 0 unspecified atom stereocenters. The highest BCUT2D eigenvalue weighted by molar-refractivity contribution is 6.42. The van der Waals surface area contributed by atoms with E-state index in [-0.39, 0.29) is 36.5 Å². The van der Waals surface area contributed by atoms with Crippen molar-refractivity contribution in [3.63, 3.8) is 0 Å². The molecule has 0 saturated carbocycles. The average Bonchev–Trinajstić information content (AvgIpc) is 2.89. The van der Waals surface area contributed by atoms with Gasteiger partial charge >= 0.3 is 0 Å². The van der Waals surface area contributed by atoms with Crippen molar-refractivity contribution in [3.8, 4) is 0 Å². The summed E-state index contributed by atoms with van der Waals surface area (Å²) in [5.41, 5.74) is 1.71. The minimum atomic E-state index is -0.844. The largest absolute Gasteiger partial charge is 0.354 e. The van der Waals surface area contributed by atoms with Crippen molar-refractivity contribution < 1.29 is 14.5 Å². The predicted octanol–water partition coefficient (Wildman–Crippen LogP) is 6.00. The van der Waals surface area contributed by atoms with Crippen LogP contribution in [-0.4, -0.2) is 34.2 Å². The predicted molar refractivity (Wildman–Crippen MR) is 146 cm³/mol. The van der Waals surface area contributed by atoms with Gasteiger partial charge in [-0.3, -0.25) is 19.7 Å². The lowest BCUT2D eigenvalue weighted by Gasteiger charge is -2.31. The van der Waals surface area contributed by atoms with E-state index in [1.165, 1.54) is 11.0 Å². The standard InChI is InChI=1S/C28H29Cl2N3O4/c1-2-3-15-31-28(35)26(17-20-9-5-4-6-10-20)32(19-21-13-14-23(29)24(30)16-21)27(34)18-22-11-7-8-12-25(22)33(36)37/h4-14,16,26H,2-3,15,17-19H2,1H3,(H,31,35)/t26-/m0/s1. The van der Waals surface area contributed by atoms with Crippen molar-refractivity contribution in [3.05, 3.63) is 110 Å². The molecule has 0 aliphatic heterocycles. The number of rotatable bonds is 12. The van der Waals surface area contributed by atoms with E-state index in [0.717, 1.165) is 18.4 Å². The average molecular weight is 542 g/mol. The summed E-state index contributed by atoms with van der Waals surface area (Å²) >= 11 is 12.3. The molecular weight excluding hydrogens is 513 g/mol. The molecule has 3 aromatic rings. The lowest BCUT2D eigenvalue weighted by molar-refractivity contribution is -0.385. The van der Waals surface area contributed by atoms with Crippen LogP contribution in [0, 0.1) is 10.1 Å². The molecule has 3 aromatic carbocycles. The summed E-state index contributed by atoms with van der Waals surface area (Å²) in [5, 5.41) is 15.2. The molecule has 0 bridgehead atoms. The second-order valence-corrected chi connectivity index (χ2v) is 9.50. The van der Waals surface area contributed by atoms with Gasteiger partial charge in [0.05, 0.1) is 21.4 Å². The molecule has 1 atom stereocenters. The van der Waals surface area contributed by atoms with Crippen LogP contribution in [0.15, 0.2) is 72.8 Å². The zero-order valence-electron chi connectivity index (χ0n) is 20.5. The molecule has 194 valence electrons. The second kappa shape index (κ2) is 13.8. The van der Waals surface area contributed by atoms with Gasteiger partial charge in [-0.15, -0.1) is 0 Å². The van der Waals surface area contributed by atoms with Crippen molar-refractivity contribution in [1.29, 1.82) is 0 Å². The first-order chi connectivity index (χ1) is 17.8. The molecule has 0 radical (unpaired) electrons. The maximum Gasteiger partial charge on any atom is 0.273 e. The fourth-order valence-corrected chi connectivity index (χ4v) is 4.32. The molecule has 0 aliphatic carbocycles. The van der Waals surface area contributed by atoms with E-state index in [1.54, 1.807) is 36.4 Å². The first-order valence-electron chi connectivity index (χ1n) is 12.1. The van der Waals surface area contributed by atoms with Crippen LogP contribution in [0.2, 0.25) is 10.0 Å². The van der Waals surface area contributed by atoms with Crippen LogP contribution in [-0.2, 0) is 29.0 Å². The lowest BCUT2D eigenvalue weighted by atomic mass is 10.0. The summed E-state index contributed by atoms with van der Waals surface area (Å²) in [4.78, 5) is 39.7. The van der Waals surface area contributed by atoms with Gasteiger partial charge in [-0.2, -0.15) is 0 Å². The third-order valence-corrected chi connectivity index (χ3v) is 6.71. The van der Waals surface area contributed by atoms with E-state index in [9.17, 15) is 19.7 Å². The van der Waals surface area contributed by atoms with Crippen molar-refractivity contribution >= 4 is 40.7 Å². The van der Waals surface area contributed by atoms with Gasteiger partial charge in [0, 0.05) is 31.1 Å². The number of unbranched alkanes of at least 4 members (excludes halogenated alkanes) is 1. The molecule has 0 aromatic heterocycles. The smallest absolute Gasteiger partial charge is 0.273 e. The van der Waals surface area contributed by atoms with Crippen LogP contribution in [0.5, 0.6) is 0 Å². The first-order valence-corrected chi connectivity index (χ1v) is 12.8. The summed E-state index contributed by atoms with van der Waals surface area (Å²) in [6.07, 6.45) is 1.77. The Balaban J connectivity index is 2.00. The van der Waals surface area contributed by atoms with Crippen molar-refractivity contribution in [2.24, 2.45) is 0 Å². The third kappa shape index (κ3) is 8.03. The molecule has 0 heterocycles. The molecule has 9 heteroatoms. The number of amides is 2. The molecule has 0 fully saturated rings. The molecule has 0 saturated heterocycles. The summed E-state index contributed by atoms with van der Waals surface area (Å²) in [6, 6.07) is 19.8. The van der Waals surface area contributed by atoms with E-state index in [0.29, 0.717) is 22.2 Å². The highest BCUT2D eigenvalue weighted by Gasteiger charge is 2.31. The summed E-state index contributed by atoms with van der Waals surface area (Å²) in [6.45, 7) is 2.59. The van der Waals surface area contributed by atoms with Crippen molar-refractivity contribution in [1.82, 2.24) is 10.2 Å². The van der Waals surface area contributed by atoms with Gasteiger partial charge in [-0.25, -0.2) is 0 Å². The SMILES string of the molecule is CCCCNC(=O)[C@H](Cc1ccccc1)N(Cc1ccc(Cl)c(Cl)c1)C(=O)Cc1ccccc1[N+](=O)[O-]. The van der Waals surface area contributed by atoms with Crippen LogP contribution < -0.4 is 5.32 Å². The fraction of sp³-hybridized carbons (Fsp3) is 0.286. The van der Waals surface area contributed by atoms with E-state index in [2.05, 4.69) is 5.32 Å². The van der Waals surface area contributed by atoms with Crippen LogP contribution in [0.1, 0.15) is 36.5 Å². The lowest BCUT2D eigenvalue weighted by Crippen LogP contribution is -2.51. The molecule has 1 N–H and O–H groups in total. The van der Waals surface area contributed by atoms with Crippen LogP contribution in [0.25, 0.3) is 0 Å². The Labute approximate surface area is 226 Å². The van der Waals surface area contributed by atoms with Crippen LogP contribution in [0.3, 0.4) is 0 Å². The Hall–Kier alpha value is -3.42. The molecule has 3 rings (SSSR count). The summed E-state index contributed by atoms with van der Waals surface area (Å²) in [5.74, 6) is -0.694. The molecule has 37 heavy (non-hydrogen) atoms. The highest BCUT2D eigenvalue weighted by Crippen LogP contribution is 2.25. The van der Waals surface area contributed by atoms with E-state index in [4.69, 9.17) is 23.2 Å². The topological polar surface area (TPSA) is 92.6 Å². The Kier molecular flexibility index (Phi) is 10.5. The molecule has 0 spiro atoms. The van der Waals surface area contributed by atoms with Crippen molar-refractivity contribution in [2.75, 3.05) is 6.54 Å². The third-order valence-electron chi connectivity index (χ3n) is 5.97. The number of para-hydroxylation sites is 1. The van der Waals surface area contributed by atoms with E-state index < -0.39 is 16.9 Å². The van der Waals surface area contributed by atoms with Crippen LogP contribution >= 0.6 is 23.2 Å². The second-order valence-electron chi connectivity index (χ2n) is 8.68. The van der Waals surface area contributed by atoms with Gasteiger partial charge in [-0.1, -0.05) is 91.1 Å². The van der Waals surface area contributed by atoms with Gasteiger partial charge in [-0.05, 0) is 29.7 Å². The Morgan fingerprint density at radius 3 is 2.35 bits per heavy atom. The van der Waals surface area contributed by atoms with Gasteiger partial charge < -0.3 is 10.2 Å². The van der Waals surface area contributed by atoms with E-state index in [1.807, 2.05) is 37.3 Å². The number of carbonyl (C=O) groups is 2. The Morgan fingerprint density at radius 2 is 1.68 bits per heavy atom. The minimum absolute atomic E-state index is 0.0784. The van der Waals surface area contributed by atoms with Gasteiger partial charge in [0.1, 0.15) is 6.04 Å². The molecule has 2 amide bonds. The minimum Gasteiger partial charge on any atom is -0.354 e. The molecule has 7 nitrogen and oxygen atoms in total. The zero-order chi connectivity index (χ0) is 26.8. The number of benzene rings is 3. The maximum atomic E-state index is 13.8. The monoisotopic (exact) mass is 541 g/mol. The van der Waals surface area contributed by atoms with Gasteiger partial charge in [0.25, 0.3) is 5.69 Å². The number of nitro groups is 1. The van der Waals surface area contributed by atoms with Gasteiger partial charge in [0.15, 0.2) is 0 Å². The highest BCUT2D eigenvalue weighted by atomic mass is 35.5. The number of nitrogens with one attached hydrogen (secondary N) is 1. The fourth-order valence-electron chi connectivity index (χ4n) is 4.00. The number of nitro benzene ring substituents is 1. The summed E-state index contributed by atoms with van der Waals surface area (Å²) in [7, 11) is 0. The molecule has 0 aliphatic rings. The quantitative estimate of drug-likeness (QED) is 0.173. The number of carbonyl (C=O) groups excluding carboxylic acids is 2. The number of hydrogen-bond donors (Lipinski definition) is 1. The van der Waals surface area contributed by atoms with Gasteiger partial charge in [0.2, 0.25) is 11.8 Å². The normalized spacial score (nSPS) is 11.5. The van der Waals surface area contributed by atoms with E-state index >= 15 is 0 Å². The van der Waals surface area contributed by atoms with Crippen molar-refractivity contribution in [2.45, 2.75) is 45.2 Å². The number of hydrogen-bond acceptors (Lipinski definition) is 4. The molecular formula is C28H29Cl2N3O4. The summed E-state index contributed by atoms with van der Waals surface area (Å²) < 4.78 is 0.